The van der Waals surface area contributed by atoms with Gasteiger partial charge in [-0.05, 0) is 32.2 Å². The minimum Gasteiger partial charge on any atom is -0.497 e. The lowest BCUT2D eigenvalue weighted by atomic mass is 10.0. The molecule has 1 heterocycles. The van der Waals surface area contributed by atoms with Crippen molar-refractivity contribution in [2.24, 2.45) is 0 Å². The number of aryl methyl sites for hydroxylation is 1. The molecule has 1 N–H and O–H groups in total. The molecule has 0 saturated carbocycles. The Hall–Kier alpha value is -1.39. The Morgan fingerprint density at radius 2 is 2.06 bits per heavy atom. The number of hydrogen-bond acceptors (Lipinski definition) is 3. The van der Waals surface area contributed by atoms with Crippen LogP contribution in [0.5, 0.6) is 5.75 Å². The highest BCUT2D eigenvalue weighted by molar-refractivity contribution is 7.12. The lowest BCUT2D eigenvalue weighted by Gasteiger charge is -2.16. The van der Waals surface area contributed by atoms with Crippen LogP contribution in [0.15, 0.2) is 30.3 Å². The molecule has 0 bridgehead atoms. The summed E-state index contributed by atoms with van der Waals surface area (Å²) >= 11 is 1.67. The van der Waals surface area contributed by atoms with Crippen molar-refractivity contribution in [3.8, 4) is 5.75 Å². The second kappa shape index (κ2) is 5.50. The van der Waals surface area contributed by atoms with E-state index in [0.29, 0.717) is 11.3 Å². The van der Waals surface area contributed by atoms with E-state index < -0.39 is 0 Å². The maximum atomic E-state index is 14.1. The van der Waals surface area contributed by atoms with Gasteiger partial charge < -0.3 is 10.1 Å². The predicted molar refractivity (Wildman–Crippen MR) is 72.9 cm³/mol. The molecule has 0 radical (unpaired) electrons. The van der Waals surface area contributed by atoms with Gasteiger partial charge in [-0.3, -0.25) is 0 Å². The predicted octanol–water partition coefficient (Wildman–Crippen LogP) is 3.51. The molecule has 1 aromatic heterocycles. The standard InChI is InChI=1S/C14H16FNOS/c1-9-4-7-13(18-9)14(16-2)11-6-5-10(17-3)8-12(11)15/h4-8,14,16H,1-3H3. The Bertz CT molecular complexity index is 538. The Balaban J connectivity index is 2.39. The second-order valence-electron chi connectivity index (χ2n) is 4.06. The second-order valence-corrected chi connectivity index (χ2v) is 5.38. The molecule has 1 atom stereocenters. The molecule has 2 rings (SSSR count). The largest absolute Gasteiger partial charge is 0.497 e. The van der Waals surface area contributed by atoms with Gasteiger partial charge in [0.1, 0.15) is 11.6 Å². The zero-order chi connectivity index (χ0) is 13.1. The molecule has 96 valence electrons. The molecule has 0 fully saturated rings. The van der Waals surface area contributed by atoms with Gasteiger partial charge in [-0.15, -0.1) is 11.3 Å². The number of ether oxygens (including phenoxy) is 1. The van der Waals surface area contributed by atoms with E-state index in [1.54, 1.807) is 23.5 Å². The molecular formula is C14H16FNOS. The third-order valence-electron chi connectivity index (χ3n) is 2.85. The molecule has 2 nitrogen and oxygen atoms in total. The summed E-state index contributed by atoms with van der Waals surface area (Å²) < 4.78 is 19.1. The van der Waals surface area contributed by atoms with Crippen LogP contribution in [0.1, 0.15) is 21.4 Å². The van der Waals surface area contributed by atoms with Crippen molar-refractivity contribution >= 4 is 11.3 Å². The molecule has 18 heavy (non-hydrogen) atoms. The van der Waals surface area contributed by atoms with Crippen LogP contribution in [0.25, 0.3) is 0 Å². The molecule has 4 heteroatoms. The molecule has 0 amide bonds. The van der Waals surface area contributed by atoms with Crippen molar-refractivity contribution in [2.75, 3.05) is 14.2 Å². The molecule has 0 aliphatic rings. The number of benzene rings is 1. The molecular weight excluding hydrogens is 249 g/mol. The van der Waals surface area contributed by atoms with Gasteiger partial charge in [0.2, 0.25) is 0 Å². The summed E-state index contributed by atoms with van der Waals surface area (Å²) in [6, 6.07) is 8.93. The van der Waals surface area contributed by atoms with E-state index in [1.165, 1.54) is 18.1 Å². The molecule has 1 aromatic carbocycles. The summed E-state index contributed by atoms with van der Waals surface area (Å²) in [5.74, 6) is 0.285. The average Bonchev–Trinajstić information content (AvgIpc) is 2.78. The summed E-state index contributed by atoms with van der Waals surface area (Å²) in [6.45, 7) is 2.05. The highest BCUT2D eigenvalue weighted by Crippen LogP contribution is 2.30. The van der Waals surface area contributed by atoms with Crippen LogP contribution in [0.2, 0.25) is 0 Å². The number of nitrogens with one attached hydrogen (secondary N) is 1. The number of thiophene rings is 1. The van der Waals surface area contributed by atoms with Gasteiger partial charge in [0.15, 0.2) is 0 Å². The zero-order valence-electron chi connectivity index (χ0n) is 10.7. The fourth-order valence-corrected chi connectivity index (χ4v) is 2.94. The third-order valence-corrected chi connectivity index (χ3v) is 3.92. The summed E-state index contributed by atoms with van der Waals surface area (Å²) in [6.07, 6.45) is 0. The minimum atomic E-state index is -0.250. The first-order valence-electron chi connectivity index (χ1n) is 5.72. The average molecular weight is 265 g/mol. The first-order valence-corrected chi connectivity index (χ1v) is 6.54. The van der Waals surface area contributed by atoms with Crippen LogP contribution in [-0.4, -0.2) is 14.2 Å². The minimum absolute atomic E-state index is 0.116. The van der Waals surface area contributed by atoms with Crippen LogP contribution in [0.4, 0.5) is 4.39 Å². The van der Waals surface area contributed by atoms with Gasteiger partial charge in [0.05, 0.1) is 13.2 Å². The number of halogens is 1. The van der Waals surface area contributed by atoms with E-state index in [9.17, 15) is 4.39 Å². The molecule has 0 aliphatic heterocycles. The fourth-order valence-electron chi connectivity index (χ4n) is 1.93. The van der Waals surface area contributed by atoms with Crippen molar-refractivity contribution < 1.29 is 9.13 Å². The summed E-state index contributed by atoms with van der Waals surface area (Å²) in [4.78, 5) is 2.33. The Morgan fingerprint density at radius 3 is 2.56 bits per heavy atom. The van der Waals surface area contributed by atoms with Gasteiger partial charge in [0.25, 0.3) is 0 Å². The van der Waals surface area contributed by atoms with Crippen LogP contribution < -0.4 is 10.1 Å². The number of hydrogen-bond donors (Lipinski definition) is 1. The first-order chi connectivity index (χ1) is 8.65. The lowest BCUT2D eigenvalue weighted by molar-refractivity contribution is 0.410. The first kappa shape index (κ1) is 13.1. The van der Waals surface area contributed by atoms with Gasteiger partial charge in [0, 0.05) is 21.4 Å². The Labute approximate surface area is 110 Å². The maximum Gasteiger partial charge on any atom is 0.132 e. The van der Waals surface area contributed by atoms with E-state index >= 15 is 0 Å². The highest BCUT2D eigenvalue weighted by Gasteiger charge is 2.18. The molecule has 0 saturated heterocycles. The summed E-state index contributed by atoms with van der Waals surface area (Å²) in [5.41, 5.74) is 0.639. The van der Waals surface area contributed by atoms with Crippen LogP contribution in [0, 0.1) is 12.7 Å². The Kier molecular flexibility index (Phi) is 3.99. The third kappa shape index (κ3) is 2.54. The van der Waals surface area contributed by atoms with Crippen LogP contribution in [-0.2, 0) is 0 Å². The lowest BCUT2D eigenvalue weighted by Crippen LogP contribution is -2.17. The topological polar surface area (TPSA) is 21.3 Å². The van der Waals surface area contributed by atoms with Crippen molar-refractivity contribution in [1.82, 2.24) is 5.32 Å². The quantitative estimate of drug-likeness (QED) is 0.913. The van der Waals surface area contributed by atoms with Gasteiger partial charge in [-0.25, -0.2) is 4.39 Å². The van der Waals surface area contributed by atoms with Gasteiger partial charge >= 0.3 is 0 Å². The van der Waals surface area contributed by atoms with Gasteiger partial charge in [-0.2, -0.15) is 0 Å². The van der Waals surface area contributed by atoms with E-state index in [-0.39, 0.29) is 11.9 Å². The van der Waals surface area contributed by atoms with E-state index in [1.807, 2.05) is 26.1 Å². The summed E-state index contributed by atoms with van der Waals surface area (Å²) in [7, 11) is 3.37. The van der Waals surface area contributed by atoms with Gasteiger partial charge in [-0.1, -0.05) is 6.07 Å². The smallest absolute Gasteiger partial charge is 0.132 e. The SMILES string of the molecule is CNC(c1ccc(C)s1)c1ccc(OC)cc1F. The normalized spacial score (nSPS) is 12.4. The number of methoxy groups -OCH3 is 1. The van der Waals surface area contributed by atoms with E-state index in [0.717, 1.165) is 4.88 Å². The number of rotatable bonds is 4. The van der Waals surface area contributed by atoms with Crippen molar-refractivity contribution in [2.45, 2.75) is 13.0 Å². The van der Waals surface area contributed by atoms with Crippen LogP contribution in [0.3, 0.4) is 0 Å². The Morgan fingerprint density at radius 1 is 1.28 bits per heavy atom. The van der Waals surface area contributed by atoms with Crippen molar-refractivity contribution in [3.63, 3.8) is 0 Å². The molecule has 2 aromatic rings. The summed E-state index contributed by atoms with van der Waals surface area (Å²) in [5, 5.41) is 3.16. The van der Waals surface area contributed by atoms with Crippen molar-refractivity contribution in [1.29, 1.82) is 0 Å². The highest BCUT2D eigenvalue weighted by atomic mass is 32.1. The molecule has 0 aliphatic carbocycles. The van der Waals surface area contributed by atoms with E-state index in [2.05, 4.69) is 5.32 Å². The van der Waals surface area contributed by atoms with Crippen molar-refractivity contribution in [3.05, 3.63) is 51.5 Å². The maximum absolute atomic E-state index is 14.1. The molecule has 1 unspecified atom stereocenters. The fraction of sp³-hybridized carbons (Fsp3) is 0.286. The molecule has 0 spiro atoms. The zero-order valence-corrected chi connectivity index (χ0v) is 11.5. The van der Waals surface area contributed by atoms with E-state index in [4.69, 9.17) is 4.74 Å². The van der Waals surface area contributed by atoms with Crippen LogP contribution >= 0.6 is 11.3 Å². The monoisotopic (exact) mass is 265 g/mol.